The van der Waals surface area contributed by atoms with Crippen LogP contribution in [-0.4, -0.2) is 51.4 Å². The average molecular weight is 483 g/mol. The zero-order valence-electron chi connectivity index (χ0n) is 18.4. The van der Waals surface area contributed by atoms with Crippen molar-refractivity contribution in [2.45, 2.75) is 31.7 Å². The van der Waals surface area contributed by atoms with Gasteiger partial charge in [0.1, 0.15) is 5.75 Å². The molecule has 0 saturated heterocycles. The molecular formula is C22H27ClN2O6S. The Balaban J connectivity index is 2.09. The van der Waals surface area contributed by atoms with Gasteiger partial charge in [-0.05, 0) is 31.2 Å². The molecule has 1 amide bonds. The molecule has 0 aliphatic carbocycles. The van der Waals surface area contributed by atoms with Crippen LogP contribution in [-0.2, 0) is 19.6 Å². The summed E-state index contributed by atoms with van der Waals surface area (Å²) in [4.78, 5) is 24.7. The predicted molar refractivity (Wildman–Crippen MR) is 121 cm³/mol. The number of esters is 1. The lowest BCUT2D eigenvalue weighted by atomic mass is 10.1. The molecule has 2 aromatic rings. The van der Waals surface area contributed by atoms with E-state index < -0.39 is 28.5 Å². The molecule has 0 radical (unpaired) electrons. The first kappa shape index (κ1) is 25.6. The van der Waals surface area contributed by atoms with E-state index in [1.165, 1.54) is 23.5 Å². The third-order valence-corrected chi connectivity index (χ3v) is 7.19. The fourth-order valence-electron chi connectivity index (χ4n) is 3.13. The summed E-state index contributed by atoms with van der Waals surface area (Å²) in [6.45, 7) is 5.23. The van der Waals surface area contributed by atoms with E-state index in [1.54, 1.807) is 26.8 Å². The highest BCUT2D eigenvalue weighted by Gasteiger charge is 2.24. The molecule has 0 bridgehead atoms. The van der Waals surface area contributed by atoms with E-state index in [4.69, 9.17) is 21.1 Å². The quantitative estimate of drug-likeness (QED) is 0.520. The Kier molecular flexibility index (Phi) is 9.06. The number of sulfonamides is 1. The van der Waals surface area contributed by atoms with E-state index in [0.717, 1.165) is 11.6 Å². The van der Waals surface area contributed by atoms with E-state index in [0.29, 0.717) is 5.75 Å². The first-order valence-corrected chi connectivity index (χ1v) is 11.9. The standard InChI is InChI=1S/C22H27ClN2O6S/c1-5-25(6-2)32(28,29)16-11-12-19(23)18(13-16)22(27)31-14-21(26)24-15(3)17-9-7-8-10-20(17)30-4/h7-13,15H,5-6,14H2,1-4H3,(H,24,26). The Morgan fingerprint density at radius 1 is 1.12 bits per heavy atom. The Hall–Kier alpha value is -2.62. The average Bonchev–Trinajstić information content (AvgIpc) is 2.78. The Labute approximate surface area is 193 Å². The number of benzene rings is 2. The van der Waals surface area contributed by atoms with Crippen LogP contribution in [0, 0.1) is 0 Å². The SMILES string of the molecule is CCN(CC)S(=O)(=O)c1ccc(Cl)c(C(=O)OCC(=O)NC(C)c2ccccc2OC)c1. The summed E-state index contributed by atoms with van der Waals surface area (Å²) in [6, 6.07) is 10.7. The predicted octanol–water partition coefficient (Wildman–Crippen LogP) is 3.41. The highest BCUT2D eigenvalue weighted by atomic mass is 35.5. The van der Waals surface area contributed by atoms with Crippen LogP contribution in [0.2, 0.25) is 5.02 Å². The topological polar surface area (TPSA) is 102 Å². The molecule has 0 heterocycles. The molecule has 32 heavy (non-hydrogen) atoms. The van der Waals surface area contributed by atoms with Gasteiger partial charge in [0.05, 0.1) is 28.6 Å². The number of nitrogens with zero attached hydrogens (tertiary/aromatic N) is 1. The van der Waals surface area contributed by atoms with Gasteiger partial charge >= 0.3 is 5.97 Å². The van der Waals surface area contributed by atoms with E-state index in [1.807, 2.05) is 18.2 Å². The maximum atomic E-state index is 12.7. The van der Waals surface area contributed by atoms with Crippen LogP contribution < -0.4 is 10.1 Å². The minimum atomic E-state index is -3.78. The minimum Gasteiger partial charge on any atom is -0.496 e. The van der Waals surface area contributed by atoms with Gasteiger partial charge in [0.25, 0.3) is 5.91 Å². The summed E-state index contributed by atoms with van der Waals surface area (Å²) in [5, 5.41) is 2.75. The number of halogens is 1. The molecule has 0 aliphatic heterocycles. The molecule has 2 aromatic carbocycles. The number of methoxy groups -OCH3 is 1. The zero-order chi connectivity index (χ0) is 23.9. The second-order valence-electron chi connectivity index (χ2n) is 6.84. The lowest BCUT2D eigenvalue weighted by Gasteiger charge is -2.19. The van der Waals surface area contributed by atoms with Crippen LogP contribution in [0.15, 0.2) is 47.4 Å². The van der Waals surface area contributed by atoms with Crippen molar-refractivity contribution in [3.63, 3.8) is 0 Å². The molecule has 1 N–H and O–H groups in total. The summed E-state index contributed by atoms with van der Waals surface area (Å²) in [6.07, 6.45) is 0. The molecule has 0 fully saturated rings. The number of carbonyl (C=O) groups excluding carboxylic acids is 2. The molecule has 0 aliphatic rings. The minimum absolute atomic E-state index is 0.0243. The van der Waals surface area contributed by atoms with Crippen molar-refractivity contribution < 1.29 is 27.5 Å². The lowest BCUT2D eigenvalue weighted by Crippen LogP contribution is -2.31. The van der Waals surface area contributed by atoms with Crippen molar-refractivity contribution in [1.29, 1.82) is 0 Å². The number of ether oxygens (including phenoxy) is 2. The maximum Gasteiger partial charge on any atom is 0.340 e. The summed E-state index contributed by atoms with van der Waals surface area (Å²) in [5.41, 5.74) is 0.637. The van der Waals surface area contributed by atoms with Crippen molar-refractivity contribution >= 4 is 33.5 Å². The third kappa shape index (κ3) is 5.99. The molecule has 8 nitrogen and oxygen atoms in total. The van der Waals surface area contributed by atoms with Gasteiger partial charge in [-0.15, -0.1) is 0 Å². The highest BCUT2D eigenvalue weighted by molar-refractivity contribution is 7.89. The van der Waals surface area contributed by atoms with Gasteiger partial charge < -0.3 is 14.8 Å². The number of rotatable bonds is 10. The lowest BCUT2D eigenvalue weighted by molar-refractivity contribution is -0.124. The molecule has 10 heteroatoms. The number of hydrogen-bond donors (Lipinski definition) is 1. The van der Waals surface area contributed by atoms with Crippen molar-refractivity contribution in [2.24, 2.45) is 0 Å². The van der Waals surface area contributed by atoms with Crippen LogP contribution in [0.3, 0.4) is 0 Å². The largest absolute Gasteiger partial charge is 0.496 e. The van der Waals surface area contributed by atoms with E-state index in [2.05, 4.69) is 5.32 Å². The van der Waals surface area contributed by atoms with Crippen LogP contribution in [0.4, 0.5) is 0 Å². The summed E-state index contributed by atoms with van der Waals surface area (Å²) < 4.78 is 37.0. The number of para-hydroxylation sites is 1. The Bertz CT molecular complexity index is 1070. The molecular weight excluding hydrogens is 456 g/mol. The zero-order valence-corrected chi connectivity index (χ0v) is 20.0. The monoisotopic (exact) mass is 482 g/mol. The molecule has 2 rings (SSSR count). The number of hydrogen-bond acceptors (Lipinski definition) is 6. The molecule has 0 aromatic heterocycles. The summed E-state index contributed by atoms with van der Waals surface area (Å²) in [7, 11) is -2.25. The second-order valence-corrected chi connectivity index (χ2v) is 9.18. The fraction of sp³-hybridized carbons (Fsp3) is 0.364. The number of amides is 1. The van der Waals surface area contributed by atoms with Gasteiger partial charge in [0.2, 0.25) is 10.0 Å². The molecule has 1 atom stereocenters. The van der Waals surface area contributed by atoms with E-state index in [-0.39, 0.29) is 34.6 Å². The second kappa shape index (κ2) is 11.3. The molecule has 0 spiro atoms. The number of nitrogens with one attached hydrogen (secondary N) is 1. The van der Waals surface area contributed by atoms with E-state index in [9.17, 15) is 18.0 Å². The Morgan fingerprint density at radius 3 is 2.41 bits per heavy atom. The van der Waals surface area contributed by atoms with Crippen molar-refractivity contribution in [3.8, 4) is 5.75 Å². The van der Waals surface area contributed by atoms with Gasteiger partial charge in [-0.3, -0.25) is 4.79 Å². The third-order valence-electron chi connectivity index (χ3n) is 4.82. The maximum absolute atomic E-state index is 12.7. The number of carbonyl (C=O) groups is 2. The molecule has 1 unspecified atom stereocenters. The van der Waals surface area contributed by atoms with Crippen molar-refractivity contribution in [1.82, 2.24) is 9.62 Å². The summed E-state index contributed by atoms with van der Waals surface area (Å²) >= 11 is 6.08. The fourth-order valence-corrected chi connectivity index (χ4v) is 4.81. The first-order valence-electron chi connectivity index (χ1n) is 10.0. The van der Waals surface area contributed by atoms with Crippen molar-refractivity contribution in [2.75, 3.05) is 26.8 Å². The smallest absolute Gasteiger partial charge is 0.340 e. The highest BCUT2D eigenvalue weighted by Crippen LogP contribution is 2.25. The van der Waals surface area contributed by atoms with Gasteiger partial charge in [0, 0.05) is 18.7 Å². The normalized spacial score (nSPS) is 12.3. The van der Waals surface area contributed by atoms with Crippen LogP contribution in [0.5, 0.6) is 5.75 Å². The van der Waals surface area contributed by atoms with Gasteiger partial charge in [0.15, 0.2) is 6.61 Å². The van der Waals surface area contributed by atoms with Gasteiger partial charge in [-0.1, -0.05) is 43.6 Å². The van der Waals surface area contributed by atoms with Gasteiger partial charge in [-0.25, -0.2) is 13.2 Å². The molecule has 0 saturated carbocycles. The van der Waals surface area contributed by atoms with Crippen LogP contribution in [0.25, 0.3) is 0 Å². The Morgan fingerprint density at radius 2 is 1.78 bits per heavy atom. The first-order chi connectivity index (χ1) is 15.1. The van der Waals surface area contributed by atoms with Crippen LogP contribution in [0.1, 0.15) is 42.7 Å². The van der Waals surface area contributed by atoms with Crippen molar-refractivity contribution in [3.05, 3.63) is 58.6 Å². The van der Waals surface area contributed by atoms with Gasteiger partial charge in [-0.2, -0.15) is 4.31 Å². The summed E-state index contributed by atoms with van der Waals surface area (Å²) in [5.74, 6) is -0.804. The molecule has 174 valence electrons. The van der Waals surface area contributed by atoms with Crippen LogP contribution >= 0.6 is 11.6 Å². The van der Waals surface area contributed by atoms with E-state index >= 15 is 0 Å².